The highest BCUT2D eigenvalue weighted by Crippen LogP contribution is 2.16. The molecule has 2 N–H and O–H groups in total. The Morgan fingerprint density at radius 3 is 3.25 bits per heavy atom. The Kier molecular flexibility index (Phi) is 1.75. The van der Waals surface area contributed by atoms with E-state index in [1.807, 2.05) is 6.07 Å². The van der Waals surface area contributed by atoms with Crippen LogP contribution in [-0.4, -0.2) is 16.7 Å². The normalized spacial score (nSPS) is 10.8. The van der Waals surface area contributed by atoms with E-state index in [1.165, 1.54) is 0 Å². The van der Waals surface area contributed by atoms with Gasteiger partial charge in [-0.1, -0.05) is 5.16 Å². The SMILES string of the molecule is NCCc1noc2cnccc12. The molecule has 0 aliphatic heterocycles. The lowest BCUT2D eigenvalue weighted by Gasteiger charge is -1.89. The molecule has 2 aromatic rings. The number of nitrogens with two attached hydrogens (primary N) is 1. The van der Waals surface area contributed by atoms with Crippen LogP contribution in [0.15, 0.2) is 23.0 Å². The largest absolute Gasteiger partial charge is 0.354 e. The van der Waals surface area contributed by atoms with E-state index in [0.29, 0.717) is 6.54 Å². The van der Waals surface area contributed by atoms with Gasteiger partial charge >= 0.3 is 0 Å². The Hall–Kier alpha value is -1.42. The third-order valence-corrected chi connectivity index (χ3v) is 1.73. The van der Waals surface area contributed by atoms with Crippen molar-refractivity contribution in [2.75, 3.05) is 6.54 Å². The van der Waals surface area contributed by atoms with E-state index in [0.717, 1.165) is 23.1 Å². The highest BCUT2D eigenvalue weighted by molar-refractivity contribution is 5.78. The molecule has 0 spiro atoms. The third kappa shape index (κ3) is 1.06. The van der Waals surface area contributed by atoms with Crippen molar-refractivity contribution in [3.05, 3.63) is 24.2 Å². The number of aromatic nitrogens is 2. The van der Waals surface area contributed by atoms with Crippen LogP contribution >= 0.6 is 0 Å². The second-order valence-corrected chi connectivity index (χ2v) is 2.54. The fourth-order valence-corrected chi connectivity index (χ4v) is 1.16. The van der Waals surface area contributed by atoms with Gasteiger partial charge in [0.2, 0.25) is 0 Å². The second kappa shape index (κ2) is 2.91. The van der Waals surface area contributed by atoms with Crippen LogP contribution in [0, 0.1) is 0 Å². The van der Waals surface area contributed by atoms with Crippen LogP contribution in [0.25, 0.3) is 11.0 Å². The maximum Gasteiger partial charge on any atom is 0.185 e. The van der Waals surface area contributed by atoms with Crippen molar-refractivity contribution in [1.82, 2.24) is 10.1 Å². The lowest BCUT2D eigenvalue weighted by molar-refractivity contribution is 0.445. The molecule has 62 valence electrons. The summed E-state index contributed by atoms with van der Waals surface area (Å²) in [5.41, 5.74) is 7.05. The first-order valence-electron chi connectivity index (χ1n) is 3.80. The van der Waals surface area contributed by atoms with Crippen molar-refractivity contribution in [2.45, 2.75) is 6.42 Å². The molecule has 0 aromatic carbocycles. The van der Waals surface area contributed by atoms with Gasteiger partial charge in [0.1, 0.15) is 0 Å². The molecular weight excluding hydrogens is 154 g/mol. The lowest BCUT2D eigenvalue weighted by Crippen LogP contribution is -2.02. The molecule has 12 heavy (non-hydrogen) atoms. The Morgan fingerprint density at radius 1 is 1.50 bits per heavy atom. The van der Waals surface area contributed by atoms with E-state index in [9.17, 15) is 0 Å². The zero-order valence-corrected chi connectivity index (χ0v) is 6.53. The first-order chi connectivity index (χ1) is 5.92. The summed E-state index contributed by atoms with van der Waals surface area (Å²) in [7, 11) is 0. The molecule has 2 rings (SSSR count). The van der Waals surface area contributed by atoms with Crippen LogP contribution in [0.3, 0.4) is 0 Å². The van der Waals surface area contributed by atoms with E-state index in [1.54, 1.807) is 12.4 Å². The minimum atomic E-state index is 0.587. The number of pyridine rings is 1. The first kappa shape index (κ1) is 7.24. The van der Waals surface area contributed by atoms with Crippen molar-refractivity contribution in [3.8, 4) is 0 Å². The lowest BCUT2D eigenvalue weighted by atomic mass is 10.2. The maximum atomic E-state index is 5.41. The average Bonchev–Trinajstić information content (AvgIpc) is 2.50. The van der Waals surface area contributed by atoms with Gasteiger partial charge in [0.05, 0.1) is 11.9 Å². The Labute approximate surface area is 69.4 Å². The van der Waals surface area contributed by atoms with Crippen molar-refractivity contribution in [3.63, 3.8) is 0 Å². The maximum absolute atomic E-state index is 5.41. The number of rotatable bonds is 2. The van der Waals surface area contributed by atoms with E-state index < -0.39 is 0 Å². The van der Waals surface area contributed by atoms with Crippen LogP contribution < -0.4 is 5.73 Å². The number of nitrogens with zero attached hydrogens (tertiary/aromatic N) is 2. The van der Waals surface area contributed by atoms with Gasteiger partial charge in [-0.15, -0.1) is 0 Å². The van der Waals surface area contributed by atoms with Gasteiger partial charge in [0.15, 0.2) is 5.58 Å². The molecule has 4 nitrogen and oxygen atoms in total. The summed E-state index contributed by atoms with van der Waals surface area (Å²) in [4.78, 5) is 3.92. The van der Waals surface area contributed by atoms with Crippen molar-refractivity contribution < 1.29 is 4.52 Å². The molecule has 2 aromatic heterocycles. The Bertz CT molecular complexity index is 382. The fourth-order valence-electron chi connectivity index (χ4n) is 1.16. The zero-order chi connectivity index (χ0) is 8.39. The van der Waals surface area contributed by atoms with E-state index >= 15 is 0 Å². The van der Waals surface area contributed by atoms with Gasteiger partial charge in [0, 0.05) is 18.0 Å². The number of hydrogen-bond acceptors (Lipinski definition) is 4. The van der Waals surface area contributed by atoms with Gasteiger partial charge < -0.3 is 10.3 Å². The summed E-state index contributed by atoms with van der Waals surface area (Å²) in [6.45, 7) is 0.587. The highest BCUT2D eigenvalue weighted by atomic mass is 16.5. The molecule has 2 heterocycles. The van der Waals surface area contributed by atoms with Gasteiger partial charge in [-0.05, 0) is 12.6 Å². The smallest absolute Gasteiger partial charge is 0.185 e. The number of hydrogen-bond donors (Lipinski definition) is 1. The molecule has 0 amide bonds. The van der Waals surface area contributed by atoms with E-state index in [2.05, 4.69) is 10.1 Å². The Balaban J connectivity index is 2.55. The second-order valence-electron chi connectivity index (χ2n) is 2.54. The van der Waals surface area contributed by atoms with Crippen LogP contribution in [0.5, 0.6) is 0 Å². The third-order valence-electron chi connectivity index (χ3n) is 1.73. The minimum absolute atomic E-state index is 0.587. The zero-order valence-electron chi connectivity index (χ0n) is 6.53. The standard InChI is InChI=1S/C8H9N3O/c9-3-1-7-6-2-4-10-5-8(6)12-11-7/h2,4-5H,1,3,9H2. The Morgan fingerprint density at radius 2 is 2.42 bits per heavy atom. The summed E-state index contributed by atoms with van der Waals surface area (Å²) in [6.07, 6.45) is 4.12. The predicted octanol–water partition coefficient (Wildman–Crippen LogP) is 0.724. The van der Waals surface area contributed by atoms with Crippen molar-refractivity contribution >= 4 is 11.0 Å². The minimum Gasteiger partial charge on any atom is -0.354 e. The van der Waals surface area contributed by atoms with Gasteiger partial charge in [-0.2, -0.15) is 0 Å². The molecule has 0 saturated heterocycles. The van der Waals surface area contributed by atoms with Gasteiger partial charge in [-0.3, -0.25) is 4.98 Å². The molecule has 0 aliphatic rings. The molecule has 0 atom stereocenters. The molecular formula is C8H9N3O. The molecule has 0 bridgehead atoms. The molecule has 0 unspecified atom stereocenters. The van der Waals surface area contributed by atoms with E-state index in [-0.39, 0.29) is 0 Å². The van der Waals surface area contributed by atoms with Crippen LogP contribution in [0.1, 0.15) is 5.69 Å². The van der Waals surface area contributed by atoms with Crippen molar-refractivity contribution in [1.29, 1.82) is 0 Å². The monoisotopic (exact) mass is 163 g/mol. The summed E-state index contributed by atoms with van der Waals surface area (Å²) in [5, 5.41) is 4.90. The predicted molar refractivity (Wildman–Crippen MR) is 44.6 cm³/mol. The summed E-state index contributed by atoms with van der Waals surface area (Å²) in [5.74, 6) is 0. The van der Waals surface area contributed by atoms with E-state index in [4.69, 9.17) is 10.3 Å². The van der Waals surface area contributed by atoms with Gasteiger partial charge in [0.25, 0.3) is 0 Å². The summed E-state index contributed by atoms with van der Waals surface area (Å²) < 4.78 is 5.03. The van der Waals surface area contributed by atoms with Crippen LogP contribution in [-0.2, 0) is 6.42 Å². The number of fused-ring (bicyclic) bond motifs is 1. The quantitative estimate of drug-likeness (QED) is 0.708. The van der Waals surface area contributed by atoms with Crippen LogP contribution in [0.4, 0.5) is 0 Å². The average molecular weight is 163 g/mol. The highest BCUT2D eigenvalue weighted by Gasteiger charge is 2.05. The topological polar surface area (TPSA) is 64.9 Å². The first-order valence-corrected chi connectivity index (χ1v) is 3.80. The molecule has 0 radical (unpaired) electrons. The summed E-state index contributed by atoms with van der Waals surface area (Å²) >= 11 is 0. The molecule has 0 saturated carbocycles. The molecule has 4 heteroatoms. The van der Waals surface area contributed by atoms with Crippen LogP contribution in [0.2, 0.25) is 0 Å². The van der Waals surface area contributed by atoms with Crippen molar-refractivity contribution in [2.24, 2.45) is 5.73 Å². The molecule has 0 fully saturated rings. The fraction of sp³-hybridized carbons (Fsp3) is 0.250. The summed E-state index contributed by atoms with van der Waals surface area (Å²) in [6, 6.07) is 1.89. The molecule has 0 aliphatic carbocycles. The van der Waals surface area contributed by atoms with Gasteiger partial charge in [-0.25, -0.2) is 0 Å².